The van der Waals surface area contributed by atoms with Gasteiger partial charge in [0.05, 0.1) is 6.10 Å². The molecule has 1 aromatic rings. The number of ether oxygens (including phenoxy) is 1. The van der Waals surface area contributed by atoms with Crippen molar-refractivity contribution in [1.29, 1.82) is 0 Å². The number of aliphatic hydroxyl groups excluding tert-OH is 1. The molecule has 0 aromatic heterocycles. The third-order valence-electron chi connectivity index (χ3n) is 2.88. The number of thioether (sulfide) groups is 1. The Bertz CT molecular complexity index is 576. The molecule has 1 aliphatic heterocycles. The third-order valence-corrected chi connectivity index (χ3v) is 4.09. The number of Topliss-reactive ketones (excluding diaryl/α,β-unsaturated/α-hetero) is 2. The van der Waals surface area contributed by atoms with Crippen LogP contribution < -0.4 is 0 Å². The van der Waals surface area contributed by atoms with E-state index in [4.69, 9.17) is 4.74 Å². The molecule has 2 aliphatic rings. The summed E-state index contributed by atoms with van der Waals surface area (Å²) < 4.78 is 5.50. The molecule has 0 bridgehead atoms. The molecule has 0 spiro atoms. The van der Waals surface area contributed by atoms with Crippen LogP contribution in [-0.2, 0) is 9.53 Å². The van der Waals surface area contributed by atoms with E-state index in [9.17, 15) is 14.7 Å². The fourth-order valence-electron chi connectivity index (χ4n) is 2.01. The van der Waals surface area contributed by atoms with Crippen molar-refractivity contribution < 1.29 is 19.4 Å². The monoisotopic (exact) mass is 262 g/mol. The summed E-state index contributed by atoms with van der Waals surface area (Å²) in [5.41, 5.74) is 1.01. The maximum atomic E-state index is 12.0. The molecular weight excluding hydrogens is 252 g/mol. The summed E-state index contributed by atoms with van der Waals surface area (Å²) in [6.45, 7) is 0.141. The van der Waals surface area contributed by atoms with Crippen LogP contribution in [0.15, 0.2) is 29.2 Å². The summed E-state index contributed by atoms with van der Waals surface area (Å²) in [6, 6.07) is 6.89. The number of rotatable bonds is 0. The second-order valence-electron chi connectivity index (χ2n) is 4.14. The number of allylic oxidation sites excluding steroid dienone is 1. The van der Waals surface area contributed by atoms with Gasteiger partial charge in [-0.1, -0.05) is 24.3 Å². The molecule has 4 nitrogen and oxygen atoms in total. The Kier molecular flexibility index (Phi) is 2.72. The second kappa shape index (κ2) is 4.26. The van der Waals surface area contributed by atoms with Crippen LogP contribution in [0.3, 0.4) is 0 Å². The van der Waals surface area contributed by atoms with Gasteiger partial charge in [-0.25, -0.2) is 0 Å². The molecule has 1 heterocycles. The van der Waals surface area contributed by atoms with E-state index in [1.165, 1.54) is 11.8 Å². The molecule has 5 heteroatoms. The molecule has 0 fully saturated rings. The van der Waals surface area contributed by atoms with Crippen LogP contribution >= 0.6 is 11.8 Å². The zero-order valence-corrected chi connectivity index (χ0v) is 10.2. The molecule has 0 radical (unpaired) electrons. The van der Waals surface area contributed by atoms with Gasteiger partial charge in [0.15, 0.2) is 0 Å². The highest BCUT2D eigenvalue weighted by molar-refractivity contribution is 8.04. The van der Waals surface area contributed by atoms with Gasteiger partial charge in [0, 0.05) is 16.9 Å². The third kappa shape index (κ3) is 1.67. The molecule has 0 saturated heterocycles. The molecule has 3 rings (SSSR count). The maximum absolute atomic E-state index is 12.0. The average molecular weight is 262 g/mol. The minimum absolute atomic E-state index is 0.141. The van der Waals surface area contributed by atoms with Crippen LogP contribution in [-0.4, -0.2) is 35.1 Å². The van der Waals surface area contributed by atoms with Crippen LogP contribution in [0.5, 0.6) is 0 Å². The molecule has 1 N–H and O–H groups in total. The number of hydrogen-bond acceptors (Lipinski definition) is 5. The number of aliphatic hydroxyl groups is 1. The minimum atomic E-state index is -0.629. The topological polar surface area (TPSA) is 63.6 Å². The number of ketones is 2. The predicted octanol–water partition coefficient (Wildman–Crippen LogP) is 1.24. The molecule has 1 aliphatic carbocycles. The Morgan fingerprint density at radius 2 is 1.89 bits per heavy atom. The summed E-state index contributed by atoms with van der Waals surface area (Å²) in [4.78, 5) is 24.3. The van der Waals surface area contributed by atoms with E-state index in [0.29, 0.717) is 27.5 Å². The van der Waals surface area contributed by atoms with E-state index >= 15 is 0 Å². The van der Waals surface area contributed by atoms with Gasteiger partial charge in [0.25, 0.3) is 0 Å². The summed E-state index contributed by atoms with van der Waals surface area (Å²) >= 11 is 1.19. The normalized spacial score (nSPS) is 23.1. The molecule has 1 aromatic carbocycles. The van der Waals surface area contributed by atoms with Gasteiger partial charge >= 0.3 is 0 Å². The average Bonchev–Trinajstić information content (AvgIpc) is 2.58. The first kappa shape index (κ1) is 11.5. The highest BCUT2D eigenvalue weighted by atomic mass is 32.2. The summed E-state index contributed by atoms with van der Waals surface area (Å²) in [7, 11) is 0. The predicted molar refractivity (Wildman–Crippen MR) is 67.1 cm³/mol. The molecular formula is C13H10O4S. The smallest absolute Gasteiger partial charge is 0.243 e. The second-order valence-corrected chi connectivity index (χ2v) is 5.17. The van der Waals surface area contributed by atoms with Crippen molar-refractivity contribution in [3.05, 3.63) is 40.3 Å². The number of hydrogen-bond donors (Lipinski definition) is 1. The van der Waals surface area contributed by atoms with Crippen LogP contribution in [0.4, 0.5) is 0 Å². The van der Waals surface area contributed by atoms with Gasteiger partial charge in [-0.2, -0.15) is 0 Å². The van der Waals surface area contributed by atoms with E-state index < -0.39 is 17.7 Å². The molecule has 0 amide bonds. The van der Waals surface area contributed by atoms with Crippen molar-refractivity contribution in [2.75, 3.05) is 12.4 Å². The zero-order valence-electron chi connectivity index (χ0n) is 9.38. The zero-order chi connectivity index (χ0) is 12.7. The molecule has 0 saturated carbocycles. The lowest BCUT2D eigenvalue weighted by atomic mass is 9.94. The fraction of sp³-hybridized carbons (Fsp3) is 0.231. The lowest BCUT2D eigenvalue weighted by molar-refractivity contribution is -0.111. The van der Waals surface area contributed by atoms with E-state index in [0.717, 1.165) is 0 Å². The van der Waals surface area contributed by atoms with Crippen molar-refractivity contribution in [1.82, 2.24) is 0 Å². The first-order valence-corrected chi connectivity index (χ1v) is 6.53. The van der Waals surface area contributed by atoms with Gasteiger partial charge in [0.2, 0.25) is 11.6 Å². The SMILES string of the molecule is O=C1C(=O)c2ccccc2C2=C1SCC(O)CO2. The molecule has 18 heavy (non-hydrogen) atoms. The van der Waals surface area contributed by atoms with Crippen LogP contribution in [0.25, 0.3) is 5.76 Å². The molecule has 1 unspecified atom stereocenters. The van der Waals surface area contributed by atoms with Gasteiger partial charge in [-0.05, 0) is 0 Å². The molecule has 92 valence electrons. The van der Waals surface area contributed by atoms with Crippen molar-refractivity contribution in [3.63, 3.8) is 0 Å². The Morgan fingerprint density at radius 3 is 2.67 bits per heavy atom. The summed E-state index contributed by atoms with van der Waals surface area (Å²) in [5, 5.41) is 9.57. The largest absolute Gasteiger partial charge is 0.489 e. The highest BCUT2D eigenvalue weighted by Gasteiger charge is 2.35. The van der Waals surface area contributed by atoms with Crippen molar-refractivity contribution in [2.45, 2.75) is 6.10 Å². The van der Waals surface area contributed by atoms with E-state index in [1.54, 1.807) is 24.3 Å². The quantitative estimate of drug-likeness (QED) is 0.713. The van der Waals surface area contributed by atoms with Gasteiger partial charge in [-0.3, -0.25) is 9.59 Å². The highest BCUT2D eigenvalue weighted by Crippen LogP contribution is 2.37. The Hall–Kier alpha value is -1.59. The van der Waals surface area contributed by atoms with Crippen LogP contribution in [0, 0.1) is 0 Å². The van der Waals surface area contributed by atoms with Crippen molar-refractivity contribution in [2.24, 2.45) is 0 Å². The first-order valence-electron chi connectivity index (χ1n) is 5.55. The Labute approximate surface area is 108 Å². The van der Waals surface area contributed by atoms with Crippen molar-refractivity contribution in [3.8, 4) is 0 Å². The number of benzene rings is 1. The number of carbonyl (C=O) groups excluding carboxylic acids is 2. The van der Waals surface area contributed by atoms with Gasteiger partial charge < -0.3 is 9.84 Å². The molecule has 1 atom stereocenters. The van der Waals surface area contributed by atoms with Crippen LogP contribution in [0.2, 0.25) is 0 Å². The lowest BCUT2D eigenvalue weighted by Crippen LogP contribution is -2.23. The Morgan fingerprint density at radius 1 is 1.17 bits per heavy atom. The number of carbonyl (C=O) groups is 2. The first-order chi connectivity index (χ1) is 8.68. The fourth-order valence-corrected chi connectivity index (χ4v) is 2.99. The van der Waals surface area contributed by atoms with Crippen molar-refractivity contribution >= 4 is 29.1 Å². The number of fused-ring (bicyclic) bond motifs is 2. The van der Waals surface area contributed by atoms with Gasteiger partial charge in [0.1, 0.15) is 17.3 Å². The lowest BCUT2D eigenvalue weighted by Gasteiger charge is -2.19. The van der Waals surface area contributed by atoms with E-state index in [1.807, 2.05) is 0 Å². The maximum Gasteiger partial charge on any atom is 0.243 e. The van der Waals surface area contributed by atoms with Crippen LogP contribution in [0.1, 0.15) is 15.9 Å². The van der Waals surface area contributed by atoms with Gasteiger partial charge in [-0.15, -0.1) is 11.8 Å². The summed E-state index contributed by atoms with van der Waals surface area (Å²) in [6.07, 6.45) is -0.629. The minimum Gasteiger partial charge on any atom is -0.489 e. The van der Waals surface area contributed by atoms with E-state index in [2.05, 4.69) is 0 Å². The summed E-state index contributed by atoms with van der Waals surface area (Å²) in [5.74, 6) is -0.253. The van der Waals surface area contributed by atoms with E-state index in [-0.39, 0.29) is 6.61 Å². The Balaban J connectivity index is 2.17. The standard InChI is InChI=1S/C13H10O4S/c14-7-5-17-12-9-4-2-1-3-8(9)10(15)11(16)13(12)18-6-7/h1-4,7,14H,5-6H2.